The van der Waals surface area contributed by atoms with Crippen molar-refractivity contribution in [3.8, 4) is 0 Å². The first-order valence-electron chi connectivity index (χ1n) is 8.12. The lowest BCUT2D eigenvalue weighted by molar-refractivity contribution is -0.141. The summed E-state index contributed by atoms with van der Waals surface area (Å²) in [6.07, 6.45) is 2.00. The zero-order valence-corrected chi connectivity index (χ0v) is 14.4. The number of carbonyl (C=O) groups is 2. The molecule has 2 amide bonds. The summed E-state index contributed by atoms with van der Waals surface area (Å²) in [5.41, 5.74) is -1.86. The van der Waals surface area contributed by atoms with E-state index in [-0.39, 0.29) is 18.0 Å². The lowest BCUT2D eigenvalue weighted by Crippen LogP contribution is -2.55. The molecule has 1 atom stereocenters. The molecule has 0 bridgehead atoms. The van der Waals surface area contributed by atoms with Crippen LogP contribution in [0.1, 0.15) is 60.3 Å². The molecule has 0 aromatic heterocycles. The summed E-state index contributed by atoms with van der Waals surface area (Å²) in [5.74, 6) is -0.353. The van der Waals surface area contributed by atoms with Gasteiger partial charge in [-0.05, 0) is 46.5 Å². The van der Waals surface area contributed by atoms with Crippen molar-refractivity contribution in [3.05, 3.63) is 0 Å². The SMILES string of the molecule is CCC(O)(CC)C(=O)N[C@H]1CCCN(C(=O)OC(C)(C)C)C1. The number of nitrogens with one attached hydrogen (secondary N) is 1. The summed E-state index contributed by atoms with van der Waals surface area (Å²) in [5, 5.41) is 13.1. The molecule has 0 radical (unpaired) electrons. The molecule has 1 rings (SSSR count). The largest absolute Gasteiger partial charge is 0.444 e. The second-order valence-corrected chi connectivity index (χ2v) is 6.98. The van der Waals surface area contributed by atoms with Crippen LogP contribution in [0, 0.1) is 0 Å². The normalized spacial score (nSPS) is 19.7. The maximum atomic E-state index is 12.2. The lowest BCUT2D eigenvalue weighted by atomic mass is 9.95. The van der Waals surface area contributed by atoms with E-state index in [9.17, 15) is 14.7 Å². The Balaban J connectivity index is 2.60. The summed E-state index contributed by atoms with van der Waals surface area (Å²) >= 11 is 0. The molecule has 2 N–H and O–H groups in total. The number of aliphatic hydroxyl groups is 1. The minimum Gasteiger partial charge on any atom is -0.444 e. The molecule has 128 valence electrons. The minimum absolute atomic E-state index is 0.140. The van der Waals surface area contributed by atoms with Crippen LogP contribution in [0.2, 0.25) is 0 Å². The average molecular weight is 314 g/mol. The number of ether oxygens (including phenoxy) is 1. The van der Waals surface area contributed by atoms with Gasteiger partial charge in [0.05, 0.1) is 0 Å². The van der Waals surface area contributed by atoms with Crippen molar-refractivity contribution in [2.24, 2.45) is 0 Å². The van der Waals surface area contributed by atoms with Gasteiger partial charge < -0.3 is 20.1 Å². The monoisotopic (exact) mass is 314 g/mol. The van der Waals surface area contributed by atoms with Crippen molar-refractivity contribution in [2.75, 3.05) is 13.1 Å². The van der Waals surface area contributed by atoms with Crippen LogP contribution in [0.3, 0.4) is 0 Å². The number of piperidine rings is 1. The Morgan fingerprint density at radius 2 is 1.86 bits per heavy atom. The molecule has 1 heterocycles. The molecule has 0 aromatic rings. The van der Waals surface area contributed by atoms with Crippen molar-refractivity contribution < 1.29 is 19.4 Å². The fourth-order valence-corrected chi connectivity index (χ4v) is 2.48. The van der Waals surface area contributed by atoms with E-state index in [4.69, 9.17) is 4.74 Å². The highest BCUT2D eigenvalue weighted by Crippen LogP contribution is 2.18. The molecule has 0 spiro atoms. The third-order valence-corrected chi connectivity index (χ3v) is 4.00. The topological polar surface area (TPSA) is 78.9 Å². The Kier molecular flexibility index (Phi) is 6.23. The summed E-state index contributed by atoms with van der Waals surface area (Å²) in [7, 11) is 0. The first kappa shape index (κ1) is 18.7. The maximum Gasteiger partial charge on any atom is 0.410 e. The van der Waals surface area contributed by atoms with Gasteiger partial charge >= 0.3 is 6.09 Å². The molecule has 6 nitrogen and oxygen atoms in total. The van der Waals surface area contributed by atoms with Crippen LogP contribution in [0.4, 0.5) is 4.79 Å². The molecule has 22 heavy (non-hydrogen) atoms. The van der Waals surface area contributed by atoms with Gasteiger partial charge in [-0.3, -0.25) is 4.79 Å². The van der Waals surface area contributed by atoms with E-state index in [1.54, 1.807) is 18.7 Å². The van der Waals surface area contributed by atoms with Crippen molar-refractivity contribution in [2.45, 2.75) is 77.5 Å². The smallest absolute Gasteiger partial charge is 0.410 e. The molecule has 0 unspecified atom stereocenters. The van der Waals surface area contributed by atoms with E-state index in [1.807, 2.05) is 20.8 Å². The standard InChI is InChI=1S/C16H30N2O4/c1-6-16(21,7-2)13(19)17-12-9-8-10-18(11-12)14(20)22-15(3,4)5/h12,21H,6-11H2,1-5H3,(H,17,19)/t12-/m0/s1. The molecule has 1 saturated heterocycles. The highest BCUT2D eigenvalue weighted by Gasteiger charge is 2.35. The quantitative estimate of drug-likeness (QED) is 0.832. The van der Waals surface area contributed by atoms with E-state index in [0.29, 0.717) is 25.9 Å². The van der Waals surface area contributed by atoms with Gasteiger partial charge in [0.2, 0.25) is 0 Å². The highest BCUT2D eigenvalue weighted by molar-refractivity contribution is 5.85. The maximum absolute atomic E-state index is 12.2. The first-order chi connectivity index (χ1) is 10.1. The fourth-order valence-electron chi connectivity index (χ4n) is 2.48. The Hall–Kier alpha value is -1.30. The molecular formula is C16H30N2O4. The number of amides is 2. The van der Waals surface area contributed by atoms with E-state index in [0.717, 1.165) is 12.8 Å². The number of carbonyl (C=O) groups excluding carboxylic acids is 2. The Morgan fingerprint density at radius 3 is 2.36 bits per heavy atom. The van der Waals surface area contributed by atoms with E-state index >= 15 is 0 Å². The molecule has 1 aliphatic rings. The van der Waals surface area contributed by atoms with Gasteiger partial charge in [0, 0.05) is 19.1 Å². The second-order valence-electron chi connectivity index (χ2n) is 6.98. The van der Waals surface area contributed by atoms with Gasteiger partial charge in [-0.25, -0.2) is 4.79 Å². The van der Waals surface area contributed by atoms with Crippen LogP contribution in [-0.2, 0) is 9.53 Å². The Bertz CT molecular complexity index is 399. The lowest BCUT2D eigenvalue weighted by Gasteiger charge is -2.35. The third-order valence-electron chi connectivity index (χ3n) is 4.00. The van der Waals surface area contributed by atoms with Gasteiger partial charge in [0.1, 0.15) is 11.2 Å². The van der Waals surface area contributed by atoms with Crippen LogP contribution in [0.5, 0.6) is 0 Å². The summed E-state index contributed by atoms with van der Waals surface area (Å²) < 4.78 is 5.37. The van der Waals surface area contributed by atoms with Crippen LogP contribution in [0.25, 0.3) is 0 Å². The molecule has 1 fully saturated rings. The van der Waals surface area contributed by atoms with Gasteiger partial charge in [-0.1, -0.05) is 13.8 Å². The van der Waals surface area contributed by atoms with E-state index in [1.165, 1.54) is 0 Å². The number of rotatable bonds is 4. The molecule has 1 aliphatic heterocycles. The van der Waals surface area contributed by atoms with Crippen molar-refractivity contribution in [1.29, 1.82) is 0 Å². The zero-order chi connectivity index (χ0) is 17.0. The van der Waals surface area contributed by atoms with E-state index < -0.39 is 11.2 Å². The Morgan fingerprint density at radius 1 is 1.27 bits per heavy atom. The van der Waals surface area contributed by atoms with Gasteiger partial charge in [-0.2, -0.15) is 0 Å². The predicted octanol–water partition coefficient (Wildman–Crippen LogP) is 2.05. The molecular weight excluding hydrogens is 284 g/mol. The van der Waals surface area contributed by atoms with Crippen LogP contribution < -0.4 is 5.32 Å². The van der Waals surface area contributed by atoms with Crippen LogP contribution in [0.15, 0.2) is 0 Å². The van der Waals surface area contributed by atoms with Crippen LogP contribution in [-0.4, -0.2) is 52.3 Å². The number of hydrogen-bond acceptors (Lipinski definition) is 4. The average Bonchev–Trinajstić information content (AvgIpc) is 2.44. The zero-order valence-electron chi connectivity index (χ0n) is 14.4. The molecule has 0 aliphatic carbocycles. The first-order valence-corrected chi connectivity index (χ1v) is 8.12. The predicted molar refractivity (Wildman–Crippen MR) is 84.5 cm³/mol. The van der Waals surface area contributed by atoms with Crippen molar-refractivity contribution >= 4 is 12.0 Å². The number of likely N-dealkylation sites (tertiary alicyclic amines) is 1. The van der Waals surface area contributed by atoms with Crippen LogP contribution >= 0.6 is 0 Å². The summed E-state index contributed by atoms with van der Waals surface area (Å²) in [6.45, 7) is 10.1. The van der Waals surface area contributed by atoms with E-state index in [2.05, 4.69) is 5.32 Å². The summed E-state index contributed by atoms with van der Waals surface area (Å²) in [4.78, 5) is 25.9. The molecule has 0 saturated carbocycles. The number of nitrogens with zero attached hydrogens (tertiary/aromatic N) is 1. The second kappa shape index (κ2) is 7.31. The van der Waals surface area contributed by atoms with Crippen molar-refractivity contribution in [1.82, 2.24) is 10.2 Å². The molecule has 0 aromatic carbocycles. The minimum atomic E-state index is -1.33. The van der Waals surface area contributed by atoms with Gasteiger partial charge in [-0.15, -0.1) is 0 Å². The highest BCUT2D eigenvalue weighted by atomic mass is 16.6. The molecule has 6 heteroatoms. The van der Waals surface area contributed by atoms with Crippen molar-refractivity contribution in [3.63, 3.8) is 0 Å². The van der Waals surface area contributed by atoms with Gasteiger partial charge in [0.15, 0.2) is 0 Å². The summed E-state index contributed by atoms with van der Waals surface area (Å²) in [6, 6.07) is -0.140. The van der Waals surface area contributed by atoms with Gasteiger partial charge in [0.25, 0.3) is 5.91 Å². The number of hydrogen-bond donors (Lipinski definition) is 2. The fraction of sp³-hybridized carbons (Fsp3) is 0.875. The third kappa shape index (κ3) is 5.16. The Labute approximate surface area is 133 Å².